The molecule has 0 fully saturated rings. The first-order valence-corrected chi connectivity index (χ1v) is 6.56. The number of ether oxygens (including phenoxy) is 1. The third-order valence-corrected chi connectivity index (χ3v) is 2.93. The number of hydrogen-bond acceptors (Lipinski definition) is 1. The minimum Gasteiger partial charge on any atom is -0.489 e. The lowest BCUT2D eigenvalue weighted by molar-refractivity contribution is 0.177. The van der Waals surface area contributed by atoms with Gasteiger partial charge in [0.15, 0.2) is 0 Å². The largest absolute Gasteiger partial charge is 0.489 e. The summed E-state index contributed by atoms with van der Waals surface area (Å²) in [5.41, 5.74) is 0. The van der Waals surface area contributed by atoms with Crippen molar-refractivity contribution < 1.29 is 4.74 Å². The fourth-order valence-corrected chi connectivity index (χ4v) is 1.92. The SMILES string of the molecule is CCCCC(CCC)Oc1ccccc1Cl. The van der Waals surface area contributed by atoms with E-state index >= 15 is 0 Å². The lowest BCUT2D eigenvalue weighted by Gasteiger charge is -2.19. The molecule has 1 aromatic carbocycles. The first kappa shape index (κ1) is 13.4. The summed E-state index contributed by atoms with van der Waals surface area (Å²) in [6.45, 7) is 4.40. The van der Waals surface area contributed by atoms with Crippen LogP contribution >= 0.6 is 11.6 Å². The topological polar surface area (TPSA) is 9.23 Å². The fraction of sp³-hybridized carbons (Fsp3) is 0.571. The second-order valence-corrected chi connectivity index (χ2v) is 4.51. The molecule has 1 rings (SSSR count). The number of unbranched alkanes of at least 4 members (excludes halogenated alkanes) is 1. The van der Waals surface area contributed by atoms with Gasteiger partial charge >= 0.3 is 0 Å². The van der Waals surface area contributed by atoms with Crippen molar-refractivity contribution in [1.29, 1.82) is 0 Å². The molecule has 16 heavy (non-hydrogen) atoms. The van der Waals surface area contributed by atoms with Crippen LogP contribution in [0.15, 0.2) is 24.3 Å². The molecular weight excluding hydrogens is 220 g/mol. The normalized spacial score (nSPS) is 12.4. The van der Waals surface area contributed by atoms with Crippen molar-refractivity contribution >= 4 is 11.6 Å². The smallest absolute Gasteiger partial charge is 0.138 e. The van der Waals surface area contributed by atoms with Crippen LogP contribution in [0.3, 0.4) is 0 Å². The minimum atomic E-state index is 0.310. The van der Waals surface area contributed by atoms with Gasteiger partial charge in [0.1, 0.15) is 5.75 Å². The second-order valence-electron chi connectivity index (χ2n) is 4.10. The molecule has 1 unspecified atom stereocenters. The Labute approximate surface area is 104 Å². The van der Waals surface area contributed by atoms with Crippen LogP contribution < -0.4 is 4.74 Å². The van der Waals surface area contributed by atoms with Gasteiger partial charge in [-0.05, 0) is 25.0 Å². The highest BCUT2D eigenvalue weighted by molar-refractivity contribution is 6.32. The molecule has 1 atom stereocenters. The Balaban J connectivity index is 2.56. The highest BCUT2D eigenvalue weighted by Crippen LogP contribution is 2.26. The molecule has 0 radical (unpaired) electrons. The lowest BCUT2D eigenvalue weighted by atomic mass is 10.1. The van der Waals surface area contributed by atoms with E-state index in [4.69, 9.17) is 16.3 Å². The van der Waals surface area contributed by atoms with Crippen molar-refractivity contribution in [3.63, 3.8) is 0 Å². The van der Waals surface area contributed by atoms with E-state index in [0.29, 0.717) is 11.1 Å². The molecule has 1 aromatic rings. The number of hydrogen-bond donors (Lipinski definition) is 0. The average molecular weight is 241 g/mol. The Bertz CT molecular complexity index is 299. The van der Waals surface area contributed by atoms with Crippen molar-refractivity contribution in [2.24, 2.45) is 0 Å². The van der Waals surface area contributed by atoms with Gasteiger partial charge in [-0.2, -0.15) is 0 Å². The first-order valence-electron chi connectivity index (χ1n) is 6.19. The zero-order valence-corrected chi connectivity index (χ0v) is 11.0. The quantitative estimate of drug-likeness (QED) is 0.646. The molecule has 0 heterocycles. The number of benzene rings is 1. The van der Waals surface area contributed by atoms with Crippen LogP contribution in [0.2, 0.25) is 5.02 Å². The summed E-state index contributed by atoms with van der Waals surface area (Å²) in [5.74, 6) is 0.818. The van der Waals surface area contributed by atoms with Gasteiger partial charge in [0.05, 0.1) is 11.1 Å². The van der Waals surface area contributed by atoms with Crippen molar-refractivity contribution in [2.75, 3.05) is 0 Å². The summed E-state index contributed by atoms with van der Waals surface area (Å²) >= 11 is 6.08. The molecule has 0 saturated heterocycles. The van der Waals surface area contributed by atoms with Gasteiger partial charge in [-0.15, -0.1) is 0 Å². The van der Waals surface area contributed by atoms with Crippen LogP contribution in [0.25, 0.3) is 0 Å². The molecule has 0 aliphatic carbocycles. The third-order valence-electron chi connectivity index (χ3n) is 2.62. The predicted molar refractivity (Wildman–Crippen MR) is 70.3 cm³/mol. The summed E-state index contributed by atoms with van der Waals surface area (Å²) in [6, 6.07) is 7.71. The summed E-state index contributed by atoms with van der Waals surface area (Å²) < 4.78 is 5.96. The molecule has 90 valence electrons. The van der Waals surface area contributed by atoms with Gasteiger partial charge in [-0.3, -0.25) is 0 Å². The Kier molecular flexibility index (Phi) is 6.32. The average Bonchev–Trinajstić information content (AvgIpc) is 2.29. The standard InChI is InChI=1S/C14H21ClO/c1-3-5-9-12(8-4-2)16-14-11-7-6-10-13(14)15/h6-7,10-12H,3-5,8-9H2,1-2H3. The molecule has 0 spiro atoms. The van der Waals surface area contributed by atoms with Gasteiger partial charge in [0, 0.05) is 0 Å². The Hall–Kier alpha value is -0.690. The predicted octanol–water partition coefficient (Wildman–Crippen LogP) is 5.08. The molecule has 0 N–H and O–H groups in total. The summed E-state index contributed by atoms with van der Waals surface area (Å²) in [6.07, 6.45) is 6.12. The molecule has 0 aliphatic rings. The van der Waals surface area contributed by atoms with Gasteiger partial charge in [-0.1, -0.05) is 56.8 Å². The molecule has 0 aliphatic heterocycles. The number of halogens is 1. The maximum atomic E-state index is 6.08. The van der Waals surface area contributed by atoms with Crippen LogP contribution in [0.1, 0.15) is 46.0 Å². The molecule has 0 bridgehead atoms. The summed E-state index contributed by atoms with van der Waals surface area (Å²) in [5, 5.41) is 0.708. The van der Waals surface area contributed by atoms with E-state index in [-0.39, 0.29) is 0 Å². The number of para-hydroxylation sites is 1. The molecule has 0 aromatic heterocycles. The van der Waals surface area contributed by atoms with Crippen LogP contribution in [-0.2, 0) is 0 Å². The first-order chi connectivity index (χ1) is 7.77. The van der Waals surface area contributed by atoms with E-state index in [1.165, 1.54) is 12.8 Å². The highest BCUT2D eigenvalue weighted by atomic mass is 35.5. The summed E-state index contributed by atoms with van der Waals surface area (Å²) in [4.78, 5) is 0. The van der Waals surface area contributed by atoms with E-state index in [2.05, 4.69) is 13.8 Å². The zero-order chi connectivity index (χ0) is 11.8. The van der Waals surface area contributed by atoms with Crippen LogP contribution in [-0.4, -0.2) is 6.10 Å². The van der Waals surface area contributed by atoms with Crippen molar-refractivity contribution in [3.05, 3.63) is 29.3 Å². The Morgan fingerprint density at radius 1 is 1.12 bits per heavy atom. The molecular formula is C14H21ClO. The van der Waals surface area contributed by atoms with E-state index < -0.39 is 0 Å². The molecule has 0 saturated carbocycles. The van der Waals surface area contributed by atoms with E-state index in [1.807, 2.05) is 24.3 Å². The Morgan fingerprint density at radius 2 is 1.88 bits per heavy atom. The van der Waals surface area contributed by atoms with Crippen LogP contribution in [0.5, 0.6) is 5.75 Å². The maximum absolute atomic E-state index is 6.08. The minimum absolute atomic E-state index is 0.310. The van der Waals surface area contributed by atoms with Crippen LogP contribution in [0.4, 0.5) is 0 Å². The van der Waals surface area contributed by atoms with E-state index in [0.717, 1.165) is 25.0 Å². The summed E-state index contributed by atoms with van der Waals surface area (Å²) in [7, 11) is 0. The fourth-order valence-electron chi connectivity index (χ4n) is 1.74. The highest BCUT2D eigenvalue weighted by Gasteiger charge is 2.10. The van der Waals surface area contributed by atoms with Gasteiger partial charge in [-0.25, -0.2) is 0 Å². The second kappa shape index (κ2) is 7.56. The molecule has 0 amide bonds. The number of rotatable bonds is 7. The van der Waals surface area contributed by atoms with Gasteiger partial charge in [0.2, 0.25) is 0 Å². The molecule has 2 heteroatoms. The zero-order valence-electron chi connectivity index (χ0n) is 10.2. The van der Waals surface area contributed by atoms with Gasteiger partial charge in [0.25, 0.3) is 0 Å². The third kappa shape index (κ3) is 4.44. The van der Waals surface area contributed by atoms with E-state index in [9.17, 15) is 0 Å². The molecule has 1 nitrogen and oxygen atoms in total. The van der Waals surface area contributed by atoms with Crippen molar-refractivity contribution in [2.45, 2.75) is 52.1 Å². The lowest BCUT2D eigenvalue weighted by Crippen LogP contribution is -2.16. The van der Waals surface area contributed by atoms with E-state index in [1.54, 1.807) is 0 Å². The monoisotopic (exact) mass is 240 g/mol. The maximum Gasteiger partial charge on any atom is 0.138 e. The Morgan fingerprint density at radius 3 is 2.50 bits per heavy atom. The van der Waals surface area contributed by atoms with Gasteiger partial charge < -0.3 is 4.74 Å². The van der Waals surface area contributed by atoms with Crippen molar-refractivity contribution in [1.82, 2.24) is 0 Å². The van der Waals surface area contributed by atoms with Crippen molar-refractivity contribution in [3.8, 4) is 5.75 Å². The van der Waals surface area contributed by atoms with Crippen LogP contribution in [0, 0.1) is 0 Å².